The molecule has 0 saturated heterocycles. The van der Waals surface area contributed by atoms with E-state index in [4.69, 9.17) is 10.5 Å². The summed E-state index contributed by atoms with van der Waals surface area (Å²) < 4.78 is 8.08. The summed E-state index contributed by atoms with van der Waals surface area (Å²) in [6.07, 6.45) is 12.3. The molecule has 4 heteroatoms. The fraction of sp³-hybridized carbons (Fsp3) is 0.318. The van der Waals surface area contributed by atoms with Crippen LogP contribution in [0.4, 0.5) is 0 Å². The standard InChI is InChI=1S/C22H23N3O/c1-2-26-18-11-12-19-20(14-23)22(15-5-3-6-16(24)10-9-15)25(21(19)13-18)17-7-4-8-17/h3,6,9-13,17H,2,4-5,7-8,24H2,1H3. The van der Waals surface area contributed by atoms with Crippen molar-refractivity contribution < 1.29 is 4.74 Å². The molecule has 1 fully saturated rings. The Morgan fingerprint density at radius 1 is 1.31 bits per heavy atom. The number of ether oxygens (including phenoxy) is 1. The van der Waals surface area contributed by atoms with Gasteiger partial charge in [-0.05, 0) is 62.5 Å². The lowest BCUT2D eigenvalue weighted by molar-refractivity contribution is 0.318. The van der Waals surface area contributed by atoms with Crippen LogP contribution in [0.25, 0.3) is 16.5 Å². The van der Waals surface area contributed by atoms with E-state index in [9.17, 15) is 5.26 Å². The van der Waals surface area contributed by atoms with Gasteiger partial charge in [0.25, 0.3) is 0 Å². The third-order valence-electron chi connectivity index (χ3n) is 5.27. The Morgan fingerprint density at radius 2 is 2.15 bits per heavy atom. The fourth-order valence-electron chi connectivity index (χ4n) is 3.82. The monoisotopic (exact) mass is 345 g/mol. The third-order valence-corrected chi connectivity index (χ3v) is 5.27. The van der Waals surface area contributed by atoms with Gasteiger partial charge in [-0.2, -0.15) is 5.26 Å². The predicted molar refractivity (Wildman–Crippen MR) is 105 cm³/mol. The third kappa shape index (κ3) is 2.70. The maximum atomic E-state index is 9.95. The summed E-state index contributed by atoms with van der Waals surface area (Å²) in [7, 11) is 0. The minimum Gasteiger partial charge on any atom is -0.494 e. The van der Waals surface area contributed by atoms with Crippen molar-refractivity contribution in [1.29, 1.82) is 5.26 Å². The minimum absolute atomic E-state index is 0.445. The summed E-state index contributed by atoms with van der Waals surface area (Å²) in [5.74, 6) is 0.855. The average Bonchev–Trinajstić information content (AvgIpc) is 2.73. The molecular weight excluding hydrogens is 322 g/mol. The van der Waals surface area contributed by atoms with E-state index >= 15 is 0 Å². The SMILES string of the molecule is CCOc1ccc2c(C#N)c(C3=CC=C(N)C=CC3)n(C3CCC3)c2c1. The van der Waals surface area contributed by atoms with Gasteiger partial charge >= 0.3 is 0 Å². The second-order valence-corrected chi connectivity index (χ2v) is 6.87. The molecule has 0 spiro atoms. The number of fused-ring (bicyclic) bond motifs is 1. The highest BCUT2D eigenvalue weighted by Gasteiger charge is 2.28. The van der Waals surface area contributed by atoms with Gasteiger partial charge in [-0.1, -0.05) is 12.2 Å². The van der Waals surface area contributed by atoms with Gasteiger partial charge in [0.05, 0.1) is 23.4 Å². The van der Waals surface area contributed by atoms with E-state index in [0.717, 1.165) is 58.4 Å². The molecule has 1 saturated carbocycles. The van der Waals surface area contributed by atoms with Crippen LogP contribution in [0, 0.1) is 11.3 Å². The van der Waals surface area contributed by atoms with Crippen molar-refractivity contribution in [2.45, 2.75) is 38.6 Å². The Kier molecular flexibility index (Phi) is 4.30. The molecule has 1 heterocycles. The number of hydrogen-bond acceptors (Lipinski definition) is 3. The maximum absolute atomic E-state index is 9.95. The van der Waals surface area contributed by atoms with Crippen molar-refractivity contribution >= 4 is 16.5 Å². The summed E-state index contributed by atoms with van der Waals surface area (Å²) in [5.41, 5.74) is 10.7. The van der Waals surface area contributed by atoms with Gasteiger partial charge in [0.1, 0.15) is 11.8 Å². The van der Waals surface area contributed by atoms with E-state index in [-0.39, 0.29) is 0 Å². The molecule has 2 aliphatic carbocycles. The van der Waals surface area contributed by atoms with Gasteiger partial charge in [0.15, 0.2) is 0 Å². The molecule has 0 atom stereocenters. The lowest BCUT2D eigenvalue weighted by Gasteiger charge is -2.30. The number of rotatable bonds is 4. The van der Waals surface area contributed by atoms with Crippen molar-refractivity contribution in [3.63, 3.8) is 0 Å². The molecule has 1 aromatic heterocycles. The second kappa shape index (κ2) is 6.76. The second-order valence-electron chi connectivity index (χ2n) is 6.87. The Morgan fingerprint density at radius 3 is 2.85 bits per heavy atom. The molecule has 0 unspecified atom stereocenters. The van der Waals surface area contributed by atoms with Crippen LogP contribution in [0.2, 0.25) is 0 Å². The quantitative estimate of drug-likeness (QED) is 0.864. The average molecular weight is 345 g/mol. The van der Waals surface area contributed by atoms with Gasteiger partial charge in [-0.15, -0.1) is 0 Å². The van der Waals surface area contributed by atoms with Crippen LogP contribution >= 0.6 is 0 Å². The Balaban J connectivity index is 1.98. The van der Waals surface area contributed by atoms with Gasteiger partial charge in [0.2, 0.25) is 0 Å². The molecule has 0 bridgehead atoms. The van der Waals surface area contributed by atoms with Gasteiger partial charge in [0, 0.05) is 23.2 Å². The van der Waals surface area contributed by atoms with Crippen LogP contribution in [-0.2, 0) is 0 Å². The van der Waals surface area contributed by atoms with E-state index in [2.05, 4.69) is 28.9 Å². The first-order valence-electron chi connectivity index (χ1n) is 9.27. The van der Waals surface area contributed by atoms with E-state index < -0.39 is 0 Å². The zero-order valence-electron chi connectivity index (χ0n) is 15.0. The lowest BCUT2D eigenvalue weighted by atomic mass is 9.92. The van der Waals surface area contributed by atoms with Gasteiger partial charge in [-0.25, -0.2) is 0 Å². The molecule has 4 nitrogen and oxygen atoms in total. The number of nitrogens with two attached hydrogens (primary N) is 1. The Bertz CT molecular complexity index is 981. The normalized spacial score (nSPS) is 17.2. The first kappa shape index (κ1) is 16.5. The summed E-state index contributed by atoms with van der Waals surface area (Å²) >= 11 is 0. The number of aromatic nitrogens is 1. The van der Waals surface area contributed by atoms with Gasteiger partial charge in [-0.3, -0.25) is 0 Å². The minimum atomic E-state index is 0.445. The summed E-state index contributed by atoms with van der Waals surface area (Å²) in [4.78, 5) is 0. The number of benzene rings is 1. The molecule has 4 rings (SSSR count). The van der Waals surface area contributed by atoms with E-state index in [1.165, 1.54) is 6.42 Å². The van der Waals surface area contributed by atoms with E-state index in [1.807, 2.05) is 31.2 Å². The van der Waals surface area contributed by atoms with Crippen LogP contribution < -0.4 is 10.5 Å². The zero-order valence-corrected chi connectivity index (χ0v) is 15.0. The fourth-order valence-corrected chi connectivity index (χ4v) is 3.82. The zero-order chi connectivity index (χ0) is 18.1. The highest BCUT2D eigenvalue weighted by atomic mass is 16.5. The number of hydrogen-bond donors (Lipinski definition) is 1. The van der Waals surface area contributed by atoms with Crippen molar-refractivity contribution in [1.82, 2.24) is 4.57 Å². The largest absolute Gasteiger partial charge is 0.494 e. The molecule has 2 aliphatic rings. The molecule has 2 aromatic rings. The van der Waals surface area contributed by atoms with Crippen molar-refractivity contribution in [2.24, 2.45) is 5.73 Å². The molecule has 2 N–H and O–H groups in total. The predicted octanol–water partition coefficient (Wildman–Crippen LogP) is 4.82. The Labute approximate surface area is 153 Å². The molecule has 26 heavy (non-hydrogen) atoms. The van der Waals surface area contributed by atoms with Crippen molar-refractivity contribution in [2.75, 3.05) is 6.61 Å². The molecule has 132 valence electrons. The van der Waals surface area contributed by atoms with Crippen LogP contribution in [-0.4, -0.2) is 11.2 Å². The number of allylic oxidation sites excluding steroid dienone is 5. The number of nitrogens with zero attached hydrogens (tertiary/aromatic N) is 2. The summed E-state index contributed by atoms with van der Waals surface area (Å²) in [6, 6.07) is 8.97. The molecular formula is C22H23N3O. The highest BCUT2D eigenvalue weighted by molar-refractivity contribution is 5.94. The van der Waals surface area contributed by atoms with E-state index in [1.54, 1.807) is 0 Å². The van der Waals surface area contributed by atoms with Crippen molar-refractivity contribution in [3.8, 4) is 11.8 Å². The Hall–Kier alpha value is -2.93. The van der Waals surface area contributed by atoms with Crippen molar-refractivity contribution in [3.05, 3.63) is 59.5 Å². The smallest absolute Gasteiger partial charge is 0.121 e. The number of nitriles is 1. The first-order valence-corrected chi connectivity index (χ1v) is 9.27. The van der Waals surface area contributed by atoms with E-state index in [0.29, 0.717) is 12.6 Å². The first-order chi connectivity index (χ1) is 12.7. The summed E-state index contributed by atoms with van der Waals surface area (Å²) in [5, 5.41) is 11.0. The highest BCUT2D eigenvalue weighted by Crippen LogP contribution is 2.42. The van der Waals surface area contributed by atoms with Crippen LogP contribution in [0.1, 0.15) is 49.9 Å². The van der Waals surface area contributed by atoms with Crippen LogP contribution in [0.5, 0.6) is 5.75 Å². The molecule has 0 radical (unpaired) electrons. The van der Waals surface area contributed by atoms with Gasteiger partial charge < -0.3 is 15.0 Å². The maximum Gasteiger partial charge on any atom is 0.121 e. The lowest BCUT2D eigenvalue weighted by Crippen LogP contribution is -2.19. The topological polar surface area (TPSA) is 64.0 Å². The molecule has 1 aromatic carbocycles. The molecule has 0 aliphatic heterocycles. The molecule has 0 amide bonds. The van der Waals surface area contributed by atoms with Crippen LogP contribution in [0.15, 0.2) is 48.2 Å². The van der Waals surface area contributed by atoms with Crippen LogP contribution in [0.3, 0.4) is 0 Å². The summed E-state index contributed by atoms with van der Waals surface area (Å²) in [6.45, 7) is 2.62.